The molecule has 3 heteroatoms. The average molecular weight is 269 g/mol. The molecule has 0 atom stereocenters. The number of hydrogen-bond acceptors (Lipinski definition) is 3. The summed E-state index contributed by atoms with van der Waals surface area (Å²) >= 11 is 3.71. The Bertz CT molecular complexity index is 292. The molecule has 0 aromatic heterocycles. The Morgan fingerprint density at radius 2 is 1.41 bits per heavy atom. The molecule has 0 aliphatic carbocycles. The van der Waals surface area contributed by atoms with Crippen molar-refractivity contribution in [2.75, 3.05) is 19.3 Å². The van der Waals surface area contributed by atoms with E-state index in [0.717, 1.165) is 0 Å². The highest BCUT2D eigenvalue weighted by Gasteiger charge is 2.10. The molecular formula is C14H23NS2. The molecule has 1 aliphatic heterocycles. The minimum atomic E-state index is 1.24. The molecule has 96 valence electrons. The van der Waals surface area contributed by atoms with Gasteiger partial charge in [-0.15, -0.1) is 11.8 Å². The first-order valence-corrected chi connectivity index (χ1v) is 8.45. The molecule has 1 aromatic carbocycles. The molecule has 1 aromatic rings. The van der Waals surface area contributed by atoms with Crippen LogP contribution in [0.15, 0.2) is 34.1 Å². The van der Waals surface area contributed by atoms with Crippen LogP contribution in [-0.4, -0.2) is 23.7 Å². The van der Waals surface area contributed by atoms with Gasteiger partial charge in [0.25, 0.3) is 0 Å². The Balaban J connectivity index is 0.000000686. The van der Waals surface area contributed by atoms with E-state index in [1.165, 1.54) is 42.1 Å². The molecule has 17 heavy (non-hydrogen) atoms. The Morgan fingerprint density at radius 3 is 1.94 bits per heavy atom. The molecule has 0 radical (unpaired) electrons. The van der Waals surface area contributed by atoms with Crippen LogP contribution in [0.25, 0.3) is 0 Å². The first kappa shape index (κ1) is 14.9. The highest BCUT2D eigenvalue weighted by Crippen LogP contribution is 2.27. The number of nitrogens with zero attached hydrogens (tertiary/aromatic N) is 1. The minimum Gasteiger partial charge on any atom is -0.246 e. The van der Waals surface area contributed by atoms with Gasteiger partial charge in [0.15, 0.2) is 0 Å². The van der Waals surface area contributed by atoms with Crippen LogP contribution in [0.2, 0.25) is 0 Å². The molecule has 2 rings (SSSR count). The van der Waals surface area contributed by atoms with E-state index in [0.29, 0.717) is 0 Å². The highest BCUT2D eigenvalue weighted by molar-refractivity contribution is 7.98. The Kier molecular flexibility index (Phi) is 7.82. The second kappa shape index (κ2) is 8.90. The van der Waals surface area contributed by atoms with Crippen LogP contribution >= 0.6 is 23.7 Å². The van der Waals surface area contributed by atoms with Crippen LogP contribution in [0.5, 0.6) is 0 Å². The minimum absolute atomic E-state index is 1.24. The van der Waals surface area contributed by atoms with E-state index in [1.807, 2.05) is 25.8 Å². The lowest BCUT2D eigenvalue weighted by Gasteiger charge is -2.24. The fraction of sp³-hybridized carbons (Fsp3) is 0.571. The smallest absolute Gasteiger partial charge is 0.0231 e. The standard InChI is InChI=1S/C12H17NS2.C2H6/c1-14-11-5-7-12(8-6-11)15-13-9-3-2-4-10-13;1-2/h5-8H,2-4,9-10H2,1H3;1-2H3. The van der Waals surface area contributed by atoms with Gasteiger partial charge in [-0.25, -0.2) is 4.31 Å². The molecule has 1 fully saturated rings. The summed E-state index contributed by atoms with van der Waals surface area (Å²) < 4.78 is 2.48. The lowest BCUT2D eigenvalue weighted by Crippen LogP contribution is -2.22. The lowest BCUT2D eigenvalue weighted by atomic mass is 10.2. The molecule has 0 saturated carbocycles. The number of benzene rings is 1. The summed E-state index contributed by atoms with van der Waals surface area (Å²) in [5.74, 6) is 0. The molecule has 1 nitrogen and oxygen atoms in total. The van der Waals surface area contributed by atoms with E-state index in [4.69, 9.17) is 0 Å². The quantitative estimate of drug-likeness (QED) is 0.566. The largest absolute Gasteiger partial charge is 0.246 e. The van der Waals surface area contributed by atoms with E-state index < -0.39 is 0 Å². The third kappa shape index (κ3) is 5.36. The second-order valence-corrected chi connectivity index (χ2v) is 5.81. The van der Waals surface area contributed by atoms with E-state index in [1.54, 1.807) is 11.8 Å². The fourth-order valence-corrected chi connectivity index (χ4v) is 3.15. The monoisotopic (exact) mass is 269 g/mol. The van der Waals surface area contributed by atoms with Crippen molar-refractivity contribution in [3.8, 4) is 0 Å². The van der Waals surface area contributed by atoms with Crippen LogP contribution in [0.1, 0.15) is 33.1 Å². The maximum absolute atomic E-state index is 2.48. The van der Waals surface area contributed by atoms with Gasteiger partial charge in [0.1, 0.15) is 0 Å². The van der Waals surface area contributed by atoms with Crippen LogP contribution in [0.3, 0.4) is 0 Å². The van der Waals surface area contributed by atoms with E-state index >= 15 is 0 Å². The van der Waals surface area contributed by atoms with Crippen molar-refractivity contribution in [1.82, 2.24) is 4.31 Å². The summed E-state index contributed by atoms with van der Waals surface area (Å²) in [4.78, 5) is 2.72. The summed E-state index contributed by atoms with van der Waals surface area (Å²) in [6.07, 6.45) is 6.24. The van der Waals surface area contributed by atoms with Crippen molar-refractivity contribution in [2.45, 2.75) is 42.9 Å². The van der Waals surface area contributed by atoms with E-state index in [-0.39, 0.29) is 0 Å². The van der Waals surface area contributed by atoms with Crippen LogP contribution < -0.4 is 0 Å². The van der Waals surface area contributed by atoms with E-state index in [2.05, 4.69) is 34.8 Å². The zero-order valence-corrected chi connectivity index (χ0v) is 12.7. The van der Waals surface area contributed by atoms with Gasteiger partial charge < -0.3 is 0 Å². The number of thioether (sulfide) groups is 1. The lowest BCUT2D eigenvalue weighted by molar-refractivity contribution is 0.380. The van der Waals surface area contributed by atoms with Gasteiger partial charge in [-0.05, 0) is 55.3 Å². The molecular weight excluding hydrogens is 246 g/mol. The summed E-state index contributed by atoms with van der Waals surface area (Å²) in [5, 5.41) is 0. The predicted molar refractivity (Wildman–Crippen MR) is 80.9 cm³/mol. The highest BCUT2D eigenvalue weighted by atomic mass is 32.2. The van der Waals surface area contributed by atoms with Gasteiger partial charge in [-0.1, -0.05) is 20.3 Å². The van der Waals surface area contributed by atoms with Crippen LogP contribution in [0, 0.1) is 0 Å². The molecule has 0 N–H and O–H groups in total. The summed E-state index contributed by atoms with van der Waals surface area (Å²) in [7, 11) is 0. The third-order valence-electron chi connectivity index (χ3n) is 2.61. The molecule has 0 bridgehead atoms. The fourth-order valence-electron chi connectivity index (χ4n) is 1.74. The van der Waals surface area contributed by atoms with Crippen LogP contribution in [-0.2, 0) is 0 Å². The van der Waals surface area contributed by atoms with Crippen molar-refractivity contribution in [1.29, 1.82) is 0 Å². The first-order valence-electron chi connectivity index (χ1n) is 6.45. The molecule has 0 amide bonds. The molecule has 0 spiro atoms. The summed E-state index contributed by atoms with van der Waals surface area (Å²) in [6.45, 7) is 6.49. The molecule has 1 heterocycles. The van der Waals surface area contributed by atoms with Gasteiger partial charge in [-0.2, -0.15) is 0 Å². The number of piperidine rings is 1. The van der Waals surface area contributed by atoms with Gasteiger partial charge in [0, 0.05) is 22.9 Å². The van der Waals surface area contributed by atoms with Gasteiger partial charge in [0.05, 0.1) is 0 Å². The van der Waals surface area contributed by atoms with E-state index in [9.17, 15) is 0 Å². The van der Waals surface area contributed by atoms with Gasteiger partial charge in [0.2, 0.25) is 0 Å². The zero-order chi connectivity index (χ0) is 12.5. The van der Waals surface area contributed by atoms with Crippen molar-refractivity contribution in [3.63, 3.8) is 0 Å². The number of hydrogen-bond donors (Lipinski definition) is 0. The first-order chi connectivity index (χ1) is 8.38. The normalized spacial score (nSPS) is 16.2. The third-order valence-corrected chi connectivity index (χ3v) is 4.46. The summed E-state index contributed by atoms with van der Waals surface area (Å²) in [5.41, 5.74) is 0. The van der Waals surface area contributed by atoms with Crippen molar-refractivity contribution < 1.29 is 0 Å². The average Bonchev–Trinajstić information content (AvgIpc) is 2.43. The zero-order valence-electron chi connectivity index (χ0n) is 11.1. The molecule has 1 aliphatic rings. The number of rotatable bonds is 3. The predicted octanol–water partition coefficient (Wildman–Crippen LogP) is 4.93. The summed E-state index contributed by atoms with van der Waals surface area (Å²) in [6, 6.07) is 8.87. The van der Waals surface area contributed by atoms with Crippen LogP contribution in [0.4, 0.5) is 0 Å². The maximum atomic E-state index is 2.48. The Labute approximate surface area is 114 Å². The Morgan fingerprint density at radius 1 is 0.882 bits per heavy atom. The topological polar surface area (TPSA) is 3.24 Å². The van der Waals surface area contributed by atoms with Crippen molar-refractivity contribution in [3.05, 3.63) is 24.3 Å². The molecule has 1 saturated heterocycles. The molecule has 0 unspecified atom stereocenters. The van der Waals surface area contributed by atoms with Gasteiger partial charge >= 0.3 is 0 Å². The van der Waals surface area contributed by atoms with Gasteiger partial charge in [-0.3, -0.25) is 0 Å². The van der Waals surface area contributed by atoms with Crippen molar-refractivity contribution in [2.24, 2.45) is 0 Å². The van der Waals surface area contributed by atoms with Crippen molar-refractivity contribution >= 4 is 23.7 Å². The second-order valence-electron chi connectivity index (χ2n) is 3.76. The maximum Gasteiger partial charge on any atom is 0.0231 e. The SMILES string of the molecule is CC.CSc1ccc(SN2CCCCC2)cc1. The Hall–Kier alpha value is -0.120.